The molecule has 1 rings (SSSR count). The lowest BCUT2D eigenvalue weighted by Gasteiger charge is -2.06. The molecule has 0 aromatic heterocycles. The van der Waals surface area contributed by atoms with Crippen LogP contribution in [0.3, 0.4) is 0 Å². The number of carbonyl (C=O) groups excluding carboxylic acids is 1. The van der Waals surface area contributed by atoms with Crippen LogP contribution in [0.15, 0.2) is 24.3 Å². The standard InChI is InChI=1S/C20H32O3/c1-3-4-5-6-7-8-9-10-11-15-20(21)23-17-18-13-12-14-19(16-18)22-2/h12-14,16H,3-11,15,17H2,1-2H3. The zero-order valence-corrected chi connectivity index (χ0v) is 14.8. The topological polar surface area (TPSA) is 35.5 Å². The van der Waals surface area contributed by atoms with Crippen molar-refractivity contribution in [1.29, 1.82) is 0 Å². The van der Waals surface area contributed by atoms with E-state index in [0.29, 0.717) is 13.0 Å². The second-order valence-corrected chi connectivity index (χ2v) is 6.09. The third-order valence-corrected chi connectivity index (χ3v) is 4.02. The van der Waals surface area contributed by atoms with Crippen LogP contribution in [0.25, 0.3) is 0 Å². The van der Waals surface area contributed by atoms with Gasteiger partial charge in [-0.3, -0.25) is 4.79 Å². The number of ether oxygens (including phenoxy) is 2. The number of benzene rings is 1. The van der Waals surface area contributed by atoms with Crippen molar-refractivity contribution in [3.05, 3.63) is 29.8 Å². The summed E-state index contributed by atoms with van der Waals surface area (Å²) < 4.78 is 10.5. The normalized spacial score (nSPS) is 10.5. The summed E-state index contributed by atoms with van der Waals surface area (Å²) in [5.41, 5.74) is 0.963. The van der Waals surface area contributed by atoms with Gasteiger partial charge in [0.1, 0.15) is 12.4 Å². The van der Waals surface area contributed by atoms with Gasteiger partial charge in [-0.1, -0.05) is 70.4 Å². The van der Waals surface area contributed by atoms with Crippen molar-refractivity contribution in [2.24, 2.45) is 0 Å². The van der Waals surface area contributed by atoms with Crippen molar-refractivity contribution in [2.45, 2.75) is 77.7 Å². The van der Waals surface area contributed by atoms with Crippen LogP contribution in [-0.4, -0.2) is 13.1 Å². The zero-order valence-electron chi connectivity index (χ0n) is 14.8. The fourth-order valence-corrected chi connectivity index (χ4v) is 2.58. The number of carbonyl (C=O) groups is 1. The molecule has 0 aliphatic carbocycles. The fourth-order valence-electron chi connectivity index (χ4n) is 2.58. The summed E-state index contributed by atoms with van der Waals surface area (Å²) >= 11 is 0. The number of unbranched alkanes of at least 4 members (excludes halogenated alkanes) is 8. The molecule has 0 aliphatic heterocycles. The molecule has 130 valence electrons. The number of rotatable bonds is 13. The van der Waals surface area contributed by atoms with Gasteiger partial charge in [-0.05, 0) is 24.1 Å². The van der Waals surface area contributed by atoms with Crippen LogP contribution in [0.4, 0.5) is 0 Å². The lowest BCUT2D eigenvalue weighted by atomic mass is 10.1. The molecule has 0 amide bonds. The summed E-state index contributed by atoms with van der Waals surface area (Å²) in [6.07, 6.45) is 11.8. The van der Waals surface area contributed by atoms with E-state index in [9.17, 15) is 4.79 Å². The van der Waals surface area contributed by atoms with Crippen molar-refractivity contribution in [2.75, 3.05) is 7.11 Å². The van der Waals surface area contributed by atoms with Crippen LogP contribution in [0.1, 0.15) is 76.7 Å². The van der Waals surface area contributed by atoms with Gasteiger partial charge in [-0.15, -0.1) is 0 Å². The quantitative estimate of drug-likeness (QED) is 0.347. The highest BCUT2D eigenvalue weighted by Gasteiger charge is 2.04. The van der Waals surface area contributed by atoms with Crippen LogP contribution in [0.2, 0.25) is 0 Å². The van der Waals surface area contributed by atoms with Gasteiger partial charge in [-0.25, -0.2) is 0 Å². The zero-order chi connectivity index (χ0) is 16.8. The largest absolute Gasteiger partial charge is 0.497 e. The molecule has 0 atom stereocenters. The first-order chi connectivity index (χ1) is 11.3. The van der Waals surface area contributed by atoms with Crippen molar-refractivity contribution < 1.29 is 14.3 Å². The molecule has 23 heavy (non-hydrogen) atoms. The lowest BCUT2D eigenvalue weighted by molar-refractivity contribution is -0.145. The Balaban J connectivity index is 2.00. The molecule has 0 radical (unpaired) electrons. The average molecular weight is 320 g/mol. The smallest absolute Gasteiger partial charge is 0.306 e. The summed E-state index contributed by atoms with van der Waals surface area (Å²) in [7, 11) is 1.63. The number of hydrogen-bond donors (Lipinski definition) is 0. The molecule has 3 nitrogen and oxygen atoms in total. The molecule has 0 N–H and O–H groups in total. The van der Waals surface area contributed by atoms with Crippen LogP contribution in [0.5, 0.6) is 5.75 Å². The van der Waals surface area contributed by atoms with E-state index in [1.54, 1.807) is 7.11 Å². The Labute approximate surface area is 141 Å². The maximum absolute atomic E-state index is 11.7. The number of methoxy groups -OCH3 is 1. The van der Waals surface area contributed by atoms with Gasteiger partial charge in [-0.2, -0.15) is 0 Å². The molecule has 0 saturated heterocycles. The fraction of sp³-hybridized carbons (Fsp3) is 0.650. The lowest BCUT2D eigenvalue weighted by Crippen LogP contribution is -2.04. The van der Waals surface area contributed by atoms with E-state index in [1.165, 1.54) is 44.9 Å². The highest BCUT2D eigenvalue weighted by atomic mass is 16.5. The van der Waals surface area contributed by atoms with Crippen molar-refractivity contribution >= 4 is 5.97 Å². The molecule has 1 aromatic rings. The molecule has 0 spiro atoms. The van der Waals surface area contributed by atoms with Crippen LogP contribution in [0, 0.1) is 0 Å². The van der Waals surface area contributed by atoms with E-state index < -0.39 is 0 Å². The Morgan fingerprint density at radius 2 is 1.61 bits per heavy atom. The highest BCUT2D eigenvalue weighted by molar-refractivity contribution is 5.69. The molecule has 3 heteroatoms. The Morgan fingerprint density at radius 3 is 2.26 bits per heavy atom. The average Bonchev–Trinajstić information content (AvgIpc) is 2.58. The van der Waals surface area contributed by atoms with Gasteiger partial charge >= 0.3 is 5.97 Å². The summed E-state index contributed by atoms with van der Waals surface area (Å²) in [5, 5.41) is 0. The second kappa shape index (κ2) is 13.0. The number of hydrogen-bond acceptors (Lipinski definition) is 3. The Kier molecular flexibility index (Phi) is 11.0. The monoisotopic (exact) mass is 320 g/mol. The first-order valence-corrected chi connectivity index (χ1v) is 9.04. The first-order valence-electron chi connectivity index (χ1n) is 9.04. The van der Waals surface area contributed by atoms with Crippen molar-refractivity contribution in [1.82, 2.24) is 0 Å². The minimum absolute atomic E-state index is 0.101. The van der Waals surface area contributed by atoms with E-state index in [-0.39, 0.29) is 5.97 Å². The third kappa shape index (κ3) is 9.98. The summed E-state index contributed by atoms with van der Waals surface area (Å²) in [5.74, 6) is 0.688. The van der Waals surface area contributed by atoms with Gasteiger partial charge in [0.15, 0.2) is 0 Å². The molecule has 0 bridgehead atoms. The van der Waals surface area contributed by atoms with E-state index in [0.717, 1.165) is 24.2 Å². The Bertz CT molecular complexity index is 429. The first kappa shape index (κ1) is 19.5. The Morgan fingerprint density at radius 1 is 0.957 bits per heavy atom. The second-order valence-electron chi connectivity index (χ2n) is 6.09. The molecule has 0 aliphatic rings. The van der Waals surface area contributed by atoms with Crippen LogP contribution < -0.4 is 4.74 Å². The highest BCUT2D eigenvalue weighted by Crippen LogP contribution is 2.14. The molecular weight excluding hydrogens is 288 g/mol. The molecule has 1 aromatic carbocycles. The summed E-state index contributed by atoms with van der Waals surface area (Å²) in [6, 6.07) is 7.62. The molecule has 0 fully saturated rings. The van der Waals surface area contributed by atoms with Crippen molar-refractivity contribution in [3.63, 3.8) is 0 Å². The third-order valence-electron chi connectivity index (χ3n) is 4.02. The van der Waals surface area contributed by atoms with E-state index in [2.05, 4.69) is 6.92 Å². The molecule has 0 heterocycles. The van der Waals surface area contributed by atoms with Crippen LogP contribution in [-0.2, 0) is 16.1 Å². The number of esters is 1. The van der Waals surface area contributed by atoms with Crippen molar-refractivity contribution in [3.8, 4) is 5.75 Å². The minimum Gasteiger partial charge on any atom is -0.497 e. The predicted molar refractivity (Wildman–Crippen MR) is 94.6 cm³/mol. The van der Waals surface area contributed by atoms with Gasteiger partial charge < -0.3 is 9.47 Å². The van der Waals surface area contributed by atoms with E-state index in [4.69, 9.17) is 9.47 Å². The minimum atomic E-state index is -0.101. The maximum atomic E-state index is 11.7. The van der Waals surface area contributed by atoms with Gasteiger partial charge in [0.2, 0.25) is 0 Å². The van der Waals surface area contributed by atoms with E-state index >= 15 is 0 Å². The predicted octanol–water partition coefficient (Wildman–Crippen LogP) is 5.66. The van der Waals surface area contributed by atoms with Gasteiger partial charge in [0.05, 0.1) is 7.11 Å². The SMILES string of the molecule is CCCCCCCCCCCC(=O)OCc1cccc(OC)c1. The molecular formula is C20H32O3. The molecule has 0 saturated carbocycles. The van der Waals surface area contributed by atoms with Gasteiger partial charge in [0.25, 0.3) is 0 Å². The maximum Gasteiger partial charge on any atom is 0.306 e. The van der Waals surface area contributed by atoms with E-state index in [1.807, 2.05) is 24.3 Å². The molecule has 0 unspecified atom stereocenters. The van der Waals surface area contributed by atoms with Gasteiger partial charge in [0, 0.05) is 6.42 Å². The van der Waals surface area contributed by atoms with Crippen LogP contribution >= 0.6 is 0 Å². The Hall–Kier alpha value is -1.51. The summed E-state index contributed by atoms with van der Waals surface area (Å²) in [6.45, 7) is 2.57. The summed E-state index contributed by atoms with van der Waals surface area (Å²) in [4.78, 5) is 11.7.